The SMILES string of the molecule is CNC(=O)NC(=O)C(c1ccccc1)N(C)CC(=O)Nc1ccc(Cl)c(C(F)(F)F)c1. The fourth-order valence-corrected chi connectivity index (χ4v) is 3.05. The van der Waals surface area contributed by atoms with Crippen molar-refractivity contribution >= 4 is 35.1 Å². The summed E-state index contributed by atoms with van der Waals surface area (Å²) >= 11 is 5.58. The molecule has 0 bridgehead atoms. The lowest BCUT2D eigenvalue weighted by Gasteiger charge is -2.26. The quantitative estimate of drug-likeness (QED) is 0.621. The molecular formula is C20H20ClF3N4O3. The van der Waals surface area contributed by atoms with Crippen LogP contribution < -0.4 is 16.0 Å². The number of rotatable bonds is 6. The Kier molecular flexibility index (Phi) is 8.01. The number of halogens is 4. The molecule has 0 heterocycles. The van der Waals surface area contributed by atoms with Crippen molar-refractivity contribution < 1.29 is 27.6 Å². The van der Waals surface area contributed by atoms with Gasteiger partial charge in [-0.1, -0.05) is 41.9 Å². The number of benzene rings is 2. The highest BCUT2D eigenvalue weighted by molar-refractivity contribution is 6.31. The van der Waals surface area contributed by atoms with Crippen molar-refractivity contribution in [3.05, 3.63) is 64.7 Å². The molecular weight excluding hydrogens is 437 g/mol. The summed E-state index contributed by atoms with van der Waals surface area (Å²) in [7, 11) is 2.82. The summed E-state index contributed by atoms with van der Waals surface area (Å²) in [6.45, 7) is -0.343. The number of likely N-dealkylation sites (N-methyl/N-ethyl adjacent to an activating group) is 1. The highest BCUT2D eigenvalue weighted by Crippen LogP contribution is 2.36. The Bertz CT molecular complexity index is 954. The Morgan fingerprint density at radius 1 is 1.10 bits per heavy atom. The normalized spacial score (nSPS) is 12.2. The second-order valence-corrected chi connectivity index (χ2v) is 6.94. The Hall–Kier alpha value is -3.11. The minimum absolute atomic E-state index is 0.0961. The minimum Gasteiger partial charge on any atom is -0.341 e. The molecule has 3 N–H and O–H groups in total. The van der Waals surface area contributed by atoms with Crippen LogP contribution in [0.1, 0.15) is 17.2 Å². The zero-order valence-electron chi connectivity index (χ0n) is 16.6. The first-order chi connectivity index (χ1) is 14.5. The zero-order valence-corrected chi connectivity index (χ0v) is 17.3. The maximum absolute atomic E-state index is 13.0. The van der Waals surface area contributed by atoms with Crippen molar-refractivity contribution in [3.8, 4) is 0 Å². The smallest absolute Gasteiger partial charge is 0.341 e. The van der Waals surface area contributed by atoms with E-state index in [0.29, 0.717) is 5.56 Å². The first-order valence-electron chi connectivity index (χ1n) is 8.97. The number of anilines is 1. The van der Waals surface area contributed by atoms with Crippen molar-refractivity contribution in [1.29, 1.82) is 0 Å². The van der Waals surface area contributed by atoms with E-state index in [4.69, 9.17) is 11.6 Å². The summed E-state index contributed by atoms with van der Waals surface area (Å²) in [5.74, 6) is -1.33. The molecule has 31 heavy (non-hydrogen) atoms. The van der Waals surface area contributed by atoms with Gasteiger partial charge in [-0.25, -0.2) is 4.79 Å². The van der Waals surface area contributed by atoms with E-state index in [9.17, 15) is 27.6 Å². The van der Waals surface area contributed by atoms with Gasteiger partial charge < -0.3 is 10.6 Å². The number of amides is 4. The first-order valence-corrected chi connectivity index (χ1v) is 9.35. The monoisotopic (exact) mass is 456 g/mol. The van der Waals surface area contributed by atoms with Gasteiger partial charge in [-0.2, -0.15) is 13.2 Å². The van der Waals surface area contributed by atoms with Gasteiger partial charge in [0.15, 0.2) is 0 Å². The standard InChI is InChI=1S/C20H20ClF3N4O3/c1-25-19(31)27-18(30)17(12-6-4-3-5-7-12)28(2)11-16(29)26-13-8-9-15(21)14(10-13)20(22,23)24/h3-10,17H,11H2,1-2H3,(H,26,29)(H2,25,27,30,31). The van der Waals surface area contributed by atoms with E-state index in [1.807, 2.05) is 0 Å². The molecule has 1 unspecified atom stereocenters. The molecule has 2 aromatic rings. The van der Waals surface area contributed by atoms with Crippen LogP contribution in [-0.2, 0) is 15.8 Å². The third-order valence-electron chi connectivity index (χ3n) is 4.22. The molecule has 0 aliphatic heterocycles. The second kappa shape index (κ2) is 10.3. The predicted molar refractivity (Wildman–Crippen MR) is 109 cm³/mol. The van der Waals surface area contributed by atoms with E-state index < -0.39 is 40.6 Å². The zero-order chi connectivity index (χ0) is 23.2. The molecule has 2 aromatic carbocycles. The number of hydrogen-bond acceptors (Lipinski definition) is 4. The van der Waals surface area contributed by atoms with Crippen LogP contribution in [0.25, 0.3) is 0 Å². The number of nitrogens with zero attached hydrogens (tertiary/aromatic N) is 1. The number of carbonyl (C=O) groups is 3. The van der Waals surface area contributed by atoms with E-state index in [0.717, 1.165) is 12.1 Å². The second-order valence-electron chi connectivity index (χ2n) is 6.54. The number of nitrogens with one attached hydrogen (secondary N) is 3. The molecule has 7 nitrogen and oxygen atoms in total. The van der Waals surface area contributed by atoms with E-state index in [-0.39, 0.29) is 12.2 Å². The molecule has 0 saturated carbocycles. The fourth-order valence-electron chi connectivity index (χ4n) is 2.82. The summed E-state index contributed by atoms with van der Waals surface area (Å²) in [6.07, 6.45) is -4.68. The van der Waals surface area contributed by atoms with Crippen LogP contribution in [0.4, 0.5) is 23.7 Å². The van der Waals surface area contributed by atoms with Gasteiger partial charge in [0.05, 0.1) is 17.1 Å². The van der Waals surface area contributed by atoms with Crippen LogP contribution in [0, 0.1) is 0 Å². The van der Waals surface area contributed by atoms with Gasteiger partial charge in [0.2, 0.25) is 11.8 Å². The van der Waals surface area contributed by atoms with Crippen molar-refractivity contribution in [2.45, 2.75) is 12.2 Å². The first kappa shape index (κ1) is 24.2. The molecule has 2 rings (SSSR count). The van der Waals surface area contributed by atoms with Crippen LogP contribution in [0.5, 0.6) is 0 Å². The summed E-state index contributed by atoms with van der Waals surface area (Å²) in [5, 5.41) is 6.30. The number of carbonyl (C=O) groups excluding carboxylic acids is 3. The van der Waals surface area contributed by atoms with Gasteiger partial charge in [0.1, 0.15) is 6.04 Å². The van der Waals surface area contributed by atoms with Crippen LogP contribution in [0.3, 0.4) is 0 Å². The van der Waals surface area contributed by atoms with Gasteiger partial charge in [0, 0.05) is 12.7 Å². The average Bonchev–Trinajstić information content (AvgIpc) is 2.69. The number of alkyl halides is 3. The van der Waals surface area contributed by atoms with Crippen molar-refractivity contribution in [1.82, 2.24) is 15.5 Å². The van der Waals surface area contributed by atoms with Crippen LogP contribution in [0.2, 0.25) is 5.02 Å². The third-order valence-corrected chi connectivity index (χ3v) is 4.55. The van der Waals surface area contributed by atoms with E-state index in [1.54, 1.807) is 30.3 Å². The maximum atomic E-state index is 13.0. The summed E-state index contributed by atoms with van der Waals surface area (Å²) in [6, 6.07) is 9.70. The predicted octanol–water partition coefficient (Wildman–Crippen LogP) is 3.43. The van der Waals surface area contributed by atoms with Gasteiger partial charge in [-0.15, -0.1) is 0 Å². The highest BCUT2D eigenvalue weighted by Gasteiger charge is 2.33. The fraction of sp³-hybridized carbons (Fsp3) is 0.250. The molecule has 166 valence electrons. The number of imide groups is 1. The average molecular weight is 457 g/mol. The summed E-state index contributed by atoms with van der Waals surface area (Å²) in [4.78, 5) is 37.9. The lowest BCUT2D eigenvalue weighted by atomic mass is 10.0. The molecule has 1 atom stereocenters. The Morgan fingerprint density at radius 2 is 1.74 bits per heavy atom. The molecule has 4 amide bonds. The van der Waals surface area contributed by atoms with Crippen LogP contribution >= 0.6 is 11.6 Å². The van der Waals surface area contributed by atoms with Crippen molar-refractivity contribution in [2.75, 3.05) is 26.0 Å². The Morgan fingerprint density at radius 3 is 2.32 bits per heavy atom. The number of hydrogen-bond donors (Lipinski definition) is 3. The summed E-state index contributed by atoms with van der Waals surface area (Å²) in [5.41, 5.74) is -0.654. The van der Waals surface area contributed by atoms with Crippen molar-refractivity contribution in [3.63, 3.8) is 0 Å². The molecule has 0 aliphatic rings. The Labute approximate surface area is 181 Å². The molecule has 11 heteroatoms. The van der Waals surface area contributed by atoms with Gasteiger partial charge in [-0.05, 0) is 30.8 Å². The molecule has 0 fully saturated rings. The van der Waals surface area contributed by atoms with E-state index >= 15 is 0 Å². The lowest BCUT2D eigenvalue weighted by molar-refractivity contribution is -0.137. The van der Waals surface area contributed by atoms with E-state index in [2.05, 4.69) is 16.0 Å². The lowest BCUT2D eigenvalue weighted by Crippen LogP contribution is -2.46. The third kappa shape index (κ3) is 6.69. The molecule has 0 spiro atoms. The Balaban J connectivity index is 2.18. The van der Waals surface area contributed by atoms with Crippen molar-refractivity contribution in [2.24, 2.45) is 0 Å². The van der Waals surface area contributed by atoms with Gasteiger partial charge in [0.25, 0.3) is 0 Å². The largest absolute Gasteiger partial charge is 0.417 e. The van der Waals surface area contributed by atoms with Crippen LogP contribution in [0.15, 0.2) is 48.5 Å². The molecule has 0 radical (unpaired) electrons. The highest BCUT2D eigenvalue weighted by atomic mass is 35.5. The molecule has 0 aliphatic carbocycles. The van der Waals surface area contributed by atoms with E-state index in [1.165, 1.54) is 25.1 Å². The topological polar surface area (TPSA) is 90.5 Å². The van der Waals surface area contributed by atoms with Crippen LogP contribution in [-0.4, -0.2) is 43.4 Å². The van der Waals surface area contributed by atoms with Gasteiger partial charge in [-0.3, -0.25) is 19.8 Å². The minimum atomic E-state index is -4.68. The van der Waals surface area contributed by atoms with Gasteiger partial charge >= 0.3 is 12.2 Å². The number of urea groups is 1. The molecule has 0 saturated heterocycles. The molecule has 0 aromatic heterocycles. The maximum Gasteiger partial charge on any atom is 0.417 e. The summed E-state index contributed by atoms with van der Waals surface area (Å²) < 4.78 is 39.0.